The third kappa shape index (κ3) is 7.48. The second-order valence-corrected chi connectivity index (χ2v) is 8.40. The van der Waals surface area contributed by atoms with E-state index in [-0.39, 0.29) is 23.4 Å². The Hall–Kier alpha value is -2.34. The Balaban J connectivity index is 2.05. The highest BCUT2D eigenvalue weighted by Crippen LogP contribution is 2.18. The summed E-state index contributed by atoms with van der Waals surface area (Å²) in [4.78, 5) is 27.2. The summed E-state index contributed by atoms with van der Waals surface area (Å²) in [6.45, 7) is 6.80. The number of thioether (sulfide) groups is 1. The minimum Gasteiger partial charge on any atom is -0.354 e. The summed E-state index contributed by atoms with van der Waals surface area (Å²) in [7, 11) is 0. The van der Waals surface area contributed by atoms with Crippen molar-refractivity contribution in [2.75, 3.05) is 12.3 Å². The number of unbranched alkanes of at least 4 members (excludes halogenated alkanes) is 1. The lowest BCUT2D eigenvalue weighted by molar-refractivity contribution is -0.138. The van der Waals surface area contributed by atoms with Crippen LogP contribution in [0.3, 0.4) is 0 Å². The first-order chi connectivity index (χ1) is 14.4. The van der Waals surface area contributed by atoms with E-state index < -0.39 is 6.04 Å². The molecule has 2 rings (SSSR count). The van der Waals surface area contributed by atoms with Gasteiger partial charge in [-0.15, -0.1) is 11.8 Å². The number of carbonyl (C=O) groups is 2. The fraction of sp³-hybridized carbons (Fsp3) is 0.417. The van der Waals surface area contributed by atoms with Gasteiger partial charge in [0.2, 0.25) is 11.8 Å². The van der Waals surface area contributed by atoms with Crippen molar-refractivity contribution in [1.82, 2.24) is 10.2 Å². The number of carbonyl (C=O) groups excluding carboxylic acids is 2. The zero-order valence-electron chi connectivity index (χ0n) is 18.0. The fourth-order valence-electron chi connectivity index (χ4n) is 3.07. The second-order valence-electron chi connectivity index (χ2n) is 7.42. The van der Waals surface area contributed by atoms with Crippen LogP contribution in [0.1, 0.15) is 43.4 Å². The van der Waals surface area contributed by atoms with Gasteiger partial charge in [-0.1, -0.05) is 61.4 Å². The highest BCUT2D eigenvalue weighted by Gasteiger charge is 2.26. The molecular weight excluding hydrogens is 399 g/mol. The SMILES string of the molecule is CCCCNC(=O)C(C)N(Cc1cccc(C)c1)C(=O)CSCc1ccccc1F. The zero-order valence-corrected chi connectivity index (χ0v) is 18.8. The molecule has 6 heteroatoms. The molecule has 0 radical (unpaired) electrons. The molecule has 0 saturated heterocycles. The third-order valence-corrected chi connectivity index (χ3v) is 5.84. The van der Waals surface area contributed by atoms with Crippen molar-refractivity contribution in [3.63, 3.8) is 0 Å². The van der Waals surface area contributed by atoms with Gasteiger partial charge in [0, 0.05) is 18.8 Å². The van der Waals surface area contributed by atoms with Crippen LogP contribution < -0.4 is 5.32 Å². The van der Waals surface area contributed by atoms with E-state index in [9.17, 15) is 14.0 Å². The maximum Gasteiger partial charge on any atom is 0.242 e. The topological polar surface area (TPSA) is 49.4 Å². The molecule has 0 saturated carbocycles. The van der Waals surface area contributed by atoms with Crippen LogP contribution in [0.4, 0.5) is 4.39 Å². The minimum absolute atomic E-state index is 0.129. The van der Waals surface area contributed by atoms with E-state index in [1.165, 1.54) is 17.8 Å². The first kappa shape index (κ1) is 23.9. The average Bonchev–Trinajstić information content (AvgIpc) is 2.73. The van der Waals surface area contributed by atoms with E-state index in [1.54, 1.807) is 30.0 Å². The van der Waals surface area contributed by atoms with Gasteiger partial charge in [0.1, 0.15) is 11.9 Å². The molecule has 0 bridgehead atoms. The number of benzene rings is 2. The Morgan fingerprint density at radius 2 is 1.93 bits per heavy atom. The van der Waals surface area contributed by atoms with E-state index in [0.717, 1.165) is 24.0 Å². The number of hydrogen-bond acceptors (Lipinski definition) is 3. The van der Waals surface area contributed by atoms with Crippen LogP contribution in [0.5, 0.6) is 0 Å². The number of nitrogens with zero attached hydrogens (tertiary/aromatic N) is 1. The minimum atomic E-state index is -0.580. The van der Waals surface area contributed by atoms with Crippen LogP contribution in [-0.2, 0) is 21.9 Å². The molecule has 162 valence electrons. The predicted molar refractivity (Wildman–Crippen MR) is 122 cm³/mol. The standard InChI is InChI=1S/C24H31FN2O2S/c1-4-5-13-26-24(29)19(3)27(15-20-10-8-9-18(2)14-20)23(28)17-30-16-21-11-6-7-12-22(21)25/h6-12,14,19H,4-5,13,15-17H2,1-3H3,(H,26,29). The van der Waals surface area contributed by atoms with Gasteiger partial charge in [-0.25, -0.2) is 4.39 Å². The molecule has 30 heavy (non-hydrogen) atoms. The molecule has 0 aliphatic rings. The molecule has 1 unspecified atom stereocenters. The summed E-state index contributed by atoms with van der Waals surface area (Å²) in [6.07, 6.45) is 1.90. The van der Waals surface area contributed by atoms with Gasteiger partial charge in [0.05, 0.1) is 5.75 Å². The fourth-order valence-corrected chi connectivity index (χ4v) is 3.97. The lowest BCUT2D eigenvalue weighted by Crippen LogP contribution is -2.48. The zero-order chi connectivity index (χ0) is 21.9. The van der Waals surface area contributed by atoms with Gasteiger partial charge in [0.25, 0.3) is 0 Å². The Kier molecular flexibility index (Phi) is 9.87. The number of hydrogen-bond donors (Lipinski definition) is 1. The first-order valence-electron chi connectivity index (χ1n) is 10.4. The molecule has 0 fully saturated rings. The molecule has 0 heterocycles. The maximum atomic E-state index is 13.8. The summed E-state index contributed by atoms with van der Waals surface area (Å²) in [5, 5.41) is 2.92. The Bertz CT molecular complexity index is 843. The van der Waals surface area contributed by atoms with E-state index >= 15 is 0 Å². The maximum absolute atomic E-state index is 13.8. The quantitative estimate of drug-likeness (QED) is 0.526. The van der Waals surface area contributed by atoms with Crippen LogP contribution in [0.25, 0.3) is 0 Å². The van der Waals surface area contributed by atoms with Crippen LogP contribution in [0.2, 0.25) is 0 Å². The molecule has 0 aromatic heterocycles. The van der Waals surface area contributed by atoms with E-state index in [2.05, 4.69) is 12.2 Å². The van der Waals surface area contributed by atoms with Crippen molar-refractivity contribution in [2.24, 2.45) is 0 Å². The van der Waals surface area contributed by atoms with Gasteiger partial charge >= 0.3 is 0 Å². The number of halogens is 1. The van der Waals surface area contributed by atoms with Crippen molar-refractivity contribution in [1.29, 1.82) is 0 Å². The van der Waals surface area contributed by atoms with Crippen molar-refractivity contribution in [2.45, 2.75) is 52.0 Å². The van der Waals surface area contributed by atoms with Crippen LogP contribution in [0, 0.1) is 12.7 Å². The van der Waals surface area contributed by atoms with Crippen molar-refractivity contribution in [3.05, 3.63) is 71.0 Å². The molecule has 0 aliphatic carbocycles. The molecule has 4 nitrogen and oxygen atoms in total. The smallest absolute Gasteiger partial charge is 0.242 e. The number of amides is 2. The molecule has 0 aliphatic heterocycles. The first-order valence-corrected chi connectivity index (χ1v) is 11.5. The van der Waals surface area contributed by atoms with E-state index in [1.807, 2.05) is 31.2 Å². The summed E-state index contributed by atoms with van der Waals surface area (Å²) in [6, 6.07) is 13.9. The van der Waals surface area contributed by atoms with Gasteiger partial charge in [-0.05, 0) is 37.5 Å². The Morgan fingerprint density at radius 1 is 1.17 bits per heavy atom. The van der Waals surface area contributed by atoms with Crippen molar-refractivity contribution < 1.29 is 14.0 Å². The van der Waals surface area contributed by atoms with Gasteiger partial charge < -0.3 is 10.2 Å². The number of aryl methyl sites for hydroxylation is 1. The van der Waals surface area contributed by atoms with Crippen molar-refractivity contribution in [3.8, 4) is 0 Å². The van der Waals surface area contributed by atoms with Gasteiger partial charge in [-0.3, -0.25) is 9.59 Å². The molecule has 2 aromatic rings. The Labute approximate surface area is 183 Å². The lowest BCUT2D eigenvalue weighted by atomic mass is 10.1. The summed E-state index contributed by atoms with van der Waals surface area (Å²) >= 11 is 1.36. The highest BCUT2D eigenvalue weighted by molar-refractivity contribution is 7.99. The summed E-state index contributed by atoms with van der Waals surface area (Å²) in [5.41, 5.74) is 2.66. The molecule has 0 spiro atoms. The van der Waals surface area contributed by atoms with Crippen molar-refractivity contribution >= 4 is 23.6 Å². The molecular formula is C24H31FN2O2S. The average molecular weight is 431 g/mol. The monoisotopic (exact) mass is 430 g/mol. The van der Waals surface area contributed by atoms with Crippen LogP contribution in [0.15, 0.2) is 48.5 Å². The highest BCUT2D eigenvalue weighted by atomic mass is 32.2. The molecule has 1 atom stereocenters. The Morgan fingerprint density at radius 3 is 2.63 bits per heavy atom. The van der Waals surface area contributed by atoms with Crippen LogP contribution in [-0.4, -0.2) is 35.1 Å². The summed E-state index contributed by atoms with van der Waals surface area (Å²) < 4.78 is 13.8. The molecule has 1 N–H and O–H groups in total. The van der Waals surface area contributed by atoms with E-state index in [0.29, 0.717) is 24.4 Å². The normalized spacial score (nSPS) is 11.7. The summed E-state index contributed by atoms with van der Waals surface area (Å²) in [5.74, 6) is 0.0535. The number of nitrogens with one attached hydrogen (secondary N) is 1. The van der Waals surface area contributed by atoms with E-state index in [4.69, 9.17) is 0 Å². The predicted octanol–water partition coefficient (Wildman–Crippen LogP) is 4.70. The second kappa shape index (κ2) is 12.4. The van der Waals surface area contributed by atoms with Crippen LogP contribution >= 0.6 is 11.8 Å². The third-order valence-electron chi connectivity index (χ3n) is 4.87. The van der Waals surface area contributed by atoms with Gasteiger partial charge in [0.15, 0.2) is 0 Å². The number of rotatable bonds is 11. The molecule has 2 amide bonds. The molecule has 2 aromatic carbocycles. The lowest BCUT2D eigenvalue weighted by Gasteiger charge is -2.29. The van der Waals surface area contributed by atoms with Gasteiger partial charge in [-0.2, -0.15) is 0 Å². The largest absolute Gasteiger partial charge is 0.354 e.